The zero-order valence-corrected chi connectivity index (χ0v) is 18.1. The van der Waals surface area contributed by atoms with Gasteiger partial charge in [0.15, 0.2) is 5.84 Å². The number of hydrogen-bond acceptors (Lipinski definition) is 8. The zero-order chi connectivity index (χ0) is 22.9. The Morgan fingerprint density at radius 1 is 1.24 bits per heavy atom. The number of ether oxygens (including phenoxy) is 1. The van der Waals surface area contributed by atoms with Crippen LogP contribution in [0.4, 0.5) is 0 Å². The highest BCUT2D eigenvalue weighted by atomic mass is 35.5. The molecule has 0 saturated carbocycles. The van der Waals surface area contributed by atoms with Crippen molar-refractivity contribution >= 4 is 57.4 Å². The van der Waals surface area contributed by atoms with Gasteiger partial charge < -0.3 is 9.15 Å². The van der Waals surface area contributed by atoms with Crippen LogP contribution in [-0.4, -0.2) is 37.9 Å². The van der Waals surface area contributed by atoms with E-state index in [0.717, 1.165) is 5.56 Å². The van der Waals surface area contributed by atoms with Crippen LogP contribution < -0.4 is 4.74 Å². The molecule has 0 saturated heterocycles. The molecule has 1 amide bonds. The van der Waals surface area contributed by atoms with Crippen molar-refractivity contribution in [2.24, 2.45) is 10.1 Å². The first-order valence-corrected chi connectivity index (χ1v) is 10.6. The Balaban J connectivity index is 1.39. The van der Waals surface area contributed by atoms with Crippen LogP contribution in [0.15, 0.2) is 81.2 Å². The number of fused-ring (bicyclic) bond motifs is 1. The SMILES string of the molecule is N=C1/C(=C/c2ccc(OC(=O)c3ccco3)c(Cl)c2)C(=O)N=C2SC(c3cccnc3)=NN12. The van der Waals surface area contributed by atoms with Crippen molar-refractivity contribution in [1.82, 2.24) is 9.99 Å². The van der Waals surface area contributed by atoms with E-state index in [9.17, 15) is 9.59 Å². The molecule has 2 aliphatic rings. The van der Waals surface area contributed by atoms with Crippen molar-refractivity contribution in [3.05, 3.63) is 88.6 Å². The molecule has 0 radical (unpaired) electrons. The molecule has 4 heterocycles. The molecule has 0 fully saturated rings. The average molecular weight is 478 g/mol. The molecule has 1 aromatic carbocycles. The Hall–Kier alpha value is -4.02. The summed E-state index contributed by atoms with van der Waals surface area (Å²) < 4.78 is 10.2. The van der Waals surface area contributed by atoms with Gasteiger partial charge in [-0.05, 0) is 59.8 Å². The van der Waals surface area contributed by atoms with Gasteiger partial charge in [-0.1, -0.05) is 17.7 Å². The van der Waals surface area contributed by atoms with Crippen LogP contribution in [0.2, 0.25) is 5.02 Å². The summed E-state index contributed by atoms with van der Waals surface area (Å²) in [5.74, 6) is -1.19. The lowest BCUT2D eigenvalue weighted by Crippen LogP contribution is -2.35. The predicted octanol–water partition coefficient (Wildman–Crippen LogP) is 4.21. The number of aromatic nitrogens is 1. The molecule has 0 atom stereocenters. The third-order valence-corrected chi connectivity index (χ3v) is 5.81. The fraction of sp³-hybridized carbons (Fsp3) is 0. The number of pyridine rings is 1. The molecule has 33 heavy (non-hydrogen) atoms. The van der Waals surface area contributed by atoms with E-state index in [1.54, 1.807) is 30.6 Å². The molecule has 0 aliphatic carbocycles. The van der Waals surface area contributed by atoms with Crippen molar-refractivity contribution in [2.75, 3.05) is 0 Å². The quantitative estimate of drug-likeness (QED) is 0.339. The third-order valence-electron chi connectivity index (χ3n) is 4.55. The lowest BCUT2D eigenvalue weighted by Gasteiger charge is -2.20. The Morgan fingerprint density at radius 2 is 2.12 bits per heavy atom. The summed E-state index contributed by atoms with van der Waals surface area (Å²) in [6.45, 7) is 0. The fourth-order valence-electron chi connectivity index (χ4n) is 3.00. The van der Waals surface area contributed by atoms with Crippen LogP contribution in [0.5, 0.6) is 5.75 Å². The number of halogens is 1. The smallest absolute Gasteiger partial charge is 0.379 e. The first-order chi connectivity index (χ1) is 16.0. The Bertz CT molecular complexity index is 1380. The number of benzene rings is 1. The second-order valence-corrected chi connectivity index (χ2v) is 8.09. The second-order valence-electron chi connectivity index (χ2n) is 6.72. The van der Waals surface area contributed by atoms with Gasteiger partial charge in [-0.25, -0.2) is 4.79 Å². The molecule has 9 nitrogen and oxygen atoms in total. The van der Waals surface area contributed by atoms with Gasteiger partial charge in [0.1, 0.15) is 10.8 Å². The number of nitrogens with one attached hydrogen (secondary N) is 1. The number of rotatable bonds is 4. The second kappa shape index (κ2) is 8.49. The van der Waals surface area contributed by atoms with Crippen molar-refractivity contribution in [2.45, 2.75) is 0 Å². The number of amidine groups is 2. The van der Waals surface area contributed by atoms with Gasteiger partial charge >= 0.3 is 5.97 Å². The molecule has 3 aromatic rings. The summed E-state index contributed by atoms with van der Waals surface area (Å²) in [7, 11) is 0. The predicted molar refractivity (Wildman–Crippen MR) is 123 cm³/mol. The maximum atomic E-state index is 12.6. The van der Waals surface area contributed by atoms with Gasteiger partial charge in [-0.15, -0.1) is 0 Å². The minimum atomic E-state index is -0.687. The lowest BCUT2D eigenvalue weighted by molar-refractivity contribution is -0.114. The van der Waals surface area contributed by atoms with Crippen LogP contribution in [0.1, 0.15) is 21.7 Å². The molecule has 5 rings (SSSR count). The molecule has 11 heteroatoms. The topological polar surface area (TPSA) is 121 Å². The lowest BCUT2D eigenvalue weighted by atomic mass is 10.1. The highest BCUT2D eigenvalue weighted by molar-refractivity contribution is 8.27. The number of carbonyl (C=O) groups excluding carboxylic acids is 2. The molecule has 2 aliphatic heterocycles. The Kier molecular flexibility index (Phi) is 5.37. The van der Waals surface area contributed by atoms with E-state index in [-0.39, 0.29) is 27.9 Å². The van der Waals surface area contributed by atoms with E-state index in [1.807, 2.05) is 6.07 Å². The minimum absolute atomic E-state index is 0.0434. The van der Waals surface area contributed by atoms with Crippen molar-refractivity contribution < 1.29 is 18.7 Å². The first-order valence-electron chi connectivity index (χ1n) is 9.45. The number of hydrazone groups is 1. The van der Waals surface area contributed by atoms with E-state index in [1.165, 1.54) is 47.3 Å². The standard InChI is InChI=1S/C22H12ClN5O4S/c23-15-10-12(5-6-16(15)32-21(30)17-4-2-8-31-17)9-14-18(24)28-22(26-19(14)29)33-20(27-28)13-3-1-7-25-11-13/h1-11,24H/b14-9-,24-18?. The van der Waals surface area contributed by atoms with Crippen LogP contribution in [-0.2, 0) is 4.79 Å². The molecule has 162 valence electrons. The van der Waals surface area contributed by atoms with Gasteiger partial charge in [-0.2, -0.15) is 15.1 Å². The summed E-state index contributed by atoms with van der Waals surface area (Å²) in [4.78, 5) is 32.8. The number of carbonyl (C=O) groups is 2. The van der Waals surface area contributed by atoms with Crippen LogP contribution in [0.3, 0.4) is 0 Å². The number of esters is 1. The molecular weight excluding hydrogens is 466 g/mol. The van der Waals surface area contributed by atoms with Crippen molar-refractivity contribution in [3.63, 3.8) is 0 Å². The van der Waals surface area contributed by atoms with E-state index < -0.39 is 11.9 Å². The maximum Gasteiger partial charge on any atom is 0.379 e. The Morgan fingerprint density at radius 3 is 2.85 bits per heavy atom. The highest BCUT2D eigenvalue weighted by Gasteiger charge is 2.36. The fourth-order valence-corrected chi connectivity index (χ4v) is 4.11. The number of thioether (sulfide) groups is 1. The first kappa shape index (κ1) is 20.9. The normalized spacial score (nSPS) is 16.5. The summed E-state index contributed by atoms with van der Waals surface area (Å²) in [6, 6.07) is 11.3. The highest BCUT2D eigenvalue weighted by Crippen LogP contribution is 2.32. The summed E-state index contributed by atoms with van der Waals surface area (Å²) in [6.07, 6.45) is 6.14. The molecule has 0 unspecified atom stereocenters. The van der Waals surface area contributed by atoms with Gasteiger partial charge in [0.05, 0.1) is 16.9 Å². The van der Waals surface area contributed by atoms with Crippen LogP contribution >= 0.6 is 23.4 Å². The number of aliphatic imine (C=N–C) groups is 1. The maximum absolute atomic E-state index is 12.6. The van der Waals surface area contributed by atoms with Gasteiger partial charge in [-0.3, -0.25) is 15.2 Å². The molecule has 2 aromatic heterocycles. The van der Waals surface area contributed by atoms with Gasteiger partial charge in [0, 0.05) is 18.0 Å². The monoisotopic (exact) mass is 477 g/mol. The van der Waals surface area contributed by atoms with E-state index in [4.69, 9.17) is 26.2 Å². The van der Waals surface area contributed by atoms with E-state index >= 15 is 0 Å². The summed E-state index contributed by atoms with van der Waals surface area (Å²) in [5, 5.41) is 15.2. The number of nitrogens with zero attached hydrogens (tertiary/aromatic N) is 4. The number of hydrogen-bond donors (Lipinski definition) is 1. The molecule has 1 N–H and O–H groups in total. The Labute approximate surface area is 195 Å². The van der Waals surface area contributed by atoms with Gasteiger partial charge in [0.25, 0.3) is 5.91 Å². The molecular formula is C22H12ClN5O4S. The zero-order valence-electron chi connectivity index (χ0n) is 16.6. The van der Waals surface area contributed by atoms with Crippen molar-refractivity contribution in [3.8, 4) is 5.75 Å². The van der Waals surface area contributed by atoms with Gasteiger partial charge in [0.2, 0.25) is 10.9 Å². The van der Waals surface area contributed by atoms with Crippen molar-refractivity contribution in [1.29, 1.82) is 5.41 Å². The van der Waals surface area contributed by atoms with Crippen LogP contribution in [0, 0.1) is 5.41 Å². The average Bonchev–Trinajstić information content (AvgIpc) is 3.49. The minimum Gasteiger partial charge on any atom is -0.457 e. The third kappa shape index (κ3) is 4.09. The molecule has 0 spiro atoms. The number of amides is 1. The van der Waals surface area contributed by atoms with E-state index in [0.29, 0.717) is 15.8 Å². The molecule has 0 bridgehead atoms. The summed E-state index contributed by atoms with van der Waals surface area (Å²) in [5.41, 5.74) is 1.33. The largest absolute Gasteiger partial charge is 0.457 e. The summed E-state index contributed by atoms with van der Waals surface area (Å²) >= 11 is 7.45. The number of furan rings is 1. The van der Waals surface area contributed by atoms with E-state index in [2.05, 4.69) is 15.1 Å². The van der Waals surface area contributed by atoms with Crippen LogP contribution in [0.25, 0.3) is 6.08 Å².